The van der Waals surface area contributed by atoms with Gasteiger partial charge in [0.25, 0.3) is 0 Å². The molecule has 2 N–H and O–H groups in total. The normalized spacial score (nSPS) is 11.6. The monoisotopic (exact) mass is 288 g/mol. The maximum absolute atomic E-state index is 6.13. The van der Waals surface area contributed by atoms with E-state index in [1.54, 1.807) is 0 Å². The maximum Gasteiger partial charge on any atom is 0.117 e. The average molecular weight is 289 g/mol. The van der Waals surface area contributed by atoms with Gasteiger partial charge in [-0.3, -0.25) is 0 Å². The highest BCUT2D eigenvalue weighted by atomic mass is 35.5. The number of hydrogen-bond donors (Lipinski definition) is 2. The van der Waals surface area contributed by atoms with E-state index in [0.29, 0.717) is 24.2 Å². The van der Waals surface area contributed by atoms with E-state index in [0.717, 1.165) is 0 Å². The predicted molar refractivity (Wildman–Crippen MR) is 63.6 cm³/mol. The number of quaternary nitrogens is 2. The lowest BCUT2D eigenvalue weighted by Gasteiger charge is -2.30. The average Bonchev–Trinajstić information content (AvgIpc) is 2.01. The number of nitrogens with one attached hydrogen (secondary N) is 2. The molecule has 17 heavy (non-hydrogen) atoms. The first-order valence-electron chi connectivity index (χ1n) is 6.18. The lowest BCUT2D eigenvalue weighted by molar-refractivity contribution is -1.37. The molecule has 0 aliphatic carbocycles. The summed E-state index contributed by atoms with van der Waals surface area (Å²) >= 11 is 0. The van der Waals surface area contributed by atoms with Crippen LogP contribution in [0.3, 0.4) is 0 Å². The highest BCUT2D eigenvalue weighted by Gasteiger charge is 2.29. The van der Waals surface area contributed by atoms with E-state index in [9.17, 15) is 0 Å². The van der Waals surface area contributed by atoms with Crippen molar-refractivity contribution in [3.63, 3.8) is 0 Å². The molecule has 5 heteroatoms. The SMILES string of the molecule is CC(C)[NH+](O[NH+](C(C)C)C(C)C)C(C)C.[Cl-].[Cl-]. The first kappa shape index (κ1) is 22.6. The Morgan fingerprint density at radius 1 is 0.529 bits per heavy atom. The maximum atomic E-state index is 6.13. The zero-order valence-corrected chi connectivity index (χ0v) is 14.0. The van der Waals surface area contributed by atoms with Crippen LogP contribution < -0.4 is 34.9 Å². The molecule has 0 amide bonds. The van der Waals surface area contributed by atoms with Gasteiger partial charge in [-0.05, 0) is 60.3 Å². The van der Waals surface area contributed by atoms with Crippen LogP contribution in [0.4, 0.5) is 0 Å². The number of halogens is 2. The molecule has 108 valence electrons. The van der Waals surface area contributed by atoms with Gasteiger partial charge < -0.3 is 24.8 Å². The molecule has 0 radical (unpaired) electrons. The van der Waals surface area contributed by atoms with E-state index in [-0.39, 0.29) is 24.8 Å². The zero-order chi connectivity index (χ0) is 12.2. The van der Waals surface area contributed by atoms with E-state index in [4.69, 9.17) is 4.94 Å². The molecule has 0 rings (SSSR count). The van der Waals surface area contributed by atoms with Crippen molar-refractivity contribution in [2.24, 2.45) is 0 Å². The summed E-state index contributed by atoms with van der Waals surface area (Å²) in [7, 11) is 0. The number of hydrogen-bond acceptors (Lipinski definition) is 1. The molecule has 0 fully saturated rings. The molecular weight excluding hydrogens is 259 g/mol. The van der Waals surface area contributed by atoms with Gasteiger partial charge in [0.1, 0.15) is 24.2 Å². The van der Waals surface area contributed by atoms with Crippen molar-refractivity contribution >= 4 is 0 Å². The molecule has 3 nitrogen and oxygen atoms in total. The summed E-state index contributed by atoms with van der Waals surface area (Å²) in [5.41, 5.74) is 0. The van der Waals surface area contributed by atoms with Gasteiger partial charge in [0.2, 0.25) is 0 Å². The predicted octanol–water partition coefficient (Wildman–Crippen LogP) is -5.76. The van der Waals surface area contributed by atoms with Gasteiger partial charge in [0.15, 0.2) is 0 Å². The fourth-order valence-corrected chi connectivity index (χ4v) is 1.94. The summed E-state index contributed by atoms with van der Waals surface area (Å²) < 4.78 is 0. The highest BCUT2D eigenvalue weighted by Crippen LogP contribution is 1.79. The van der Waals surface area contributed by atoms with Crippen molar-refractivity contribution in [3.8, 4) is 0 Å². The fourth-order valence-electron chi connectivity index (χ4n) is 1.94. The summed E-state index contributed by atoms with van der Waals surface area (Å²) in [6.07, 6.45) is 0. The second kappa shape index (κ2) is 10.4. The zero-order valence-electron chi connectivity index (χ0n) is 12.5. The minimum absolute atomic E-state index is 0. The summed E-state index contributed by atoms with van der Waals surface area (Å²) in [4.78, 5) is 6.13. The molecule has 0 aromatic heterocycles. The van der Waals surface area contributed by atoms with Crippen molar-refractivity contribution in [2.45, 2.75) is 79.6 Å². The Morgan fingerprint density at radius 2 is 0.706 bits per heavy atom. The van der Waals surface area contributed by atoms with Crippen LogP contribution in [0.5, 0.6) is 0 Å². The topological polar surface area (TPSA) is 18.1 Å². The fraction of sp³-hybridized carbons (Fsp3) is 1.00. The van der Waals surface area contributed by atoms with Crippen LogP contribution in [-0.4, -0.2) is 24.2 Å². The van der Waals surface area contributed by atoms with Crippen molar-refractivity contribution in [3.05, 3.63) is 0 Å². The Kier molecular flexibility index (Phi) is 13.8. The minimum Gasteiger partial charge on any atom is -1.00 e. The quantitative estimate of drug-likeness (QED) is 0.466. The Balaban J connectivity index is -0.000000980. The molecule has 0 unspecified atom stereocenters. The number of rotatable bonds is 6. The van der Waals surface area contributed by atoms with Gasteiger partial charge in [-0.25, -0.2) is 0 Å². The van der Waals surface area contributed by atoms with E-state index in [1.807, 2.05) is 0 Å². The first-order chi connectivity index (χ1) is 6.77. The molecule has 0 atom stereocenters. The van der Waals surface area contributed by atoms with Gasteiger partial charge >= 0.3 is 0 Å². The molecule has 0 aliphatic heterocycles. The summed E-state index contributed by atoms with van der Waals surface area (Å²) in [5.74, 6) is 0. The molecule has 0 aliphatic rings. The van der Waals surface area contributed by atoms with Gasteiger partial charge in [-0.2, -0.15) is 0 Å². The molecule has 0 bridgehead atoms. The van der Waals surface area contributed by atoms with Crippen molar-refractivity contribution in [2.75, 3.05) is 0 Å². The largest absolute Gasteiger partial charge is 1.00 e. The van der Waals surface area contributed by atoms with Crippen LogP contribution in [0.15, 0.2) is 0 Å². The highest BCUT2D eigenvalue weighted by molar-refractivity contribution is 4.36. The third-order valence-electron chi connectivity index (χ3n) is 2.51. The standard InChI is InChI=1S/C12H28N2O.2ClH/c1-9(2)13(10(3)4)15-14(11(5)6)12(7)8;;/h9-12H,1-8H3;2*1H. The lowest BCUT2D eigenvalue weighted by atomic mass is 10.3. The summed E-state index contributed by atoms with van der Waals surface area (Å²) in [5, 5.41) is 2.43. The van der Waals surface area contributed by atoms with Gasteiger partial charge in [0, 0.05) is 0 Å². The minimum atomic E-state index is 0. The van der Waals surface area contributed by atoms with E-state index in [2.05, 4.69) is 55.4 Å². The lowest BCUT2D eigenvalue weighted by Crippen LogP contribution is -3.34. The second-order valence-electron chi connectivity index (χ2n) is 5.53. The molecule has 0 spiro atoms. The van der Waals surface area contributed by atoms with Gasteiger partial charge in [0.05, 0.1) is 0 Å². The van der Waals surface area contributed by atoms with E-state index in [1.165, 1.54) is 10.1 Å². The Labute approximate surface area is 120 Å². The molecule has 0 aromatic rings. The Hall–Kier alpha value is 0.460. The van der Waals surface area contributed by atoms with Crippen LogP contribution in [0.1, 0.15) is 55.4 Å². The molecule has 0 saturated heterocycles. The molecule has 0 heterocycles. The third-order valence-corrected chi connectivity index (χ3v) is 2.51. The van der Waals surface area contributed by atoms with Gasteiger partial charge in [-0.15, -0.1) is 10.1 Å². The van der Waals surface area contributed by atoms with Crippen LogP contribution in [-0.2, 0) is 4.94 Å². The Morgan fingerprint density at radius 3 is 0.824 bits per heavy atom. The smallest absolute Gasteiger partial charge is 0.117 e. The van der Waals surface area contributed by atoms with Crippen molar-refractivity contribution in [1.29, 1.82) is 0 Å². The van der Waals surface area contributed by atoms with Gasteiger partial charge in [-0.1, -0.05) is 0 Å². The summed E-state index contributed by atoms with van der Waals surface area (Å²) in [6.45, 7) is 17.6. The van der Waals surface area contributed by atoms with Crippen molar-refractivity contribution in [1.82, 2.24) is 0 Å². The summed E-state index contributed by atoms with van der Waals surface area (Å²) in [6, 6.07) is 1.99. The van der Waals surface area contributed by atoms with Crippen LogP contribution in [0, 0.1) is 0 Å². The van der Waals surface area contributed by atoms with Crippen LogP contribution in [0.25, 0.3) is 0 Å². The Bertz CT molecular complexity index is 142. The van der Waals surface area contributed by atoms with E-state index < -0.39 is 0 Å². The van der Waals surface area contributed by atoms with Crippen LogP contribution >= 0.6 is 0 Å². The number of hydroxylamine groups is 4. The molecule has 0 aromatic carbocycles. The third kappa shape index (κ3) is 8.22. The van der Waals surface area contributed by atoms with Crippen molar-refractivity contribution < 1.29 is 39.9 Å². The second-order valence-corrected chi connectivity index (χ2v) is 5.53. The van der Waals surface area contributed by atoms with E-state index >= 15 is 0 Å². The molecular formula is C12H30Cl2N2O. The first-order valence-corrected chi connectivity index (χ1v) is 6.18. The van der Waals surface area contributed by atoms with Crippen LogP contribution in [0.2, 0.25) is 0 Å². The molecule has 0 saturated carbocycles.